The van der Waals surface area contributed by atoms with Crippen molar-refractivity contribution in [3.05, 3.63) is 0 Å². The molecule has 3 nitrogen and oxygen atoms in total. The first-order chi connectivity index (χ1) is 11.2. The molecule has 138 valence electrons. The lowest BCUT2D eigenvalue weighted by Gasteiger charge is -2.06. The molecule has 0 amide bonds. The molecule has 1 atom stereocenters. The van der Waals surface area contributed by atoms with Gasteiger partial charge in [0.2, 0.25) is 0 Å². The average molecular weight is 329 g/mol. The van der Waals surface area contributed by atoms with Gasteiger partial charge in [-0.05, 0) is 13.3 Å². The Hall–Kier alpha value is -0.570. The summed E-state index contributed by atoms with van der Waals surface area (Å²) in [7, 11) is 0. The van der Waals surface area contributed by atoms with Crippen molar-refractivity contribution >= 4 is 5.97 Å². The average Bonchev–Trinajstić information content (AvgIpc) is 2.51. The Balaban J connectivity index is 3.11. The lowest BCUT2D eigenvalue weighted by Crippen LogP contribution is -2.10. The third-order valence-corrected chi connectivity index (χ3v) is 4.28. The molecule has 0 aromatic carbocycles. The monoisotopic (exact) mass is 328 g/mol. The van der Waals surface area contributed by atoms with E-state index >= 15 is 0 Å². The van der Waals surface area contributed by atoms with E-state index in [0.29, 0.717) is 19.4 Å². The van der Waals surface area contributed by atoms with Crippen LogP contribution in [0, 0.1) is 0 Å². The van der Waals surface area contributed by atoms with E-state index < -0.39 is 0 Å². The van der Waals surface area contributed by atoms with Gasteiger partial charge in [0.05, 0.1) is 12.7 Å². The van der Waals surface area contributed by atoms with Gasteiger partial charge >= 0.3 is 5.97 Å². The minimum Gasteiger partial charge on any atom is -0.466 e. The van der Waals surface area contributed by atoms with Crippen molar-refractivity contribution < 1.29 is 14.6 Å². The molecule has 0 saturated heterocycles. The van der Waals surface area contributed by atoms with Gasteiger partial charge in [0.15, 0.2) is 0 Å². The number of esters is 1. The van der Waals surface area contributed by atoms with Gasteiger partial charge in [-0.3, -0.25) is 4.79 Å². The zero-order chi connectivity index (χ0) is 17.2. The molecule has 0 aromatic rings. The fourth-order valence-corrected chi connectivity index (χ4v) is 2.70. The predicted molar refractivity (Wildman–Crippen MR) is 97.6 cm³/mol. The Morgan fingerprint density at radius 1 is 0.826 bits per heavy atom. The van der Waals surface area contributed by atoms with E-state index in [9.17, 15) is 4.79 Å². The normalized spacial score (nSPS) is 12.3. The standard InChI is InChI=1S/C20H40O3/c1-3-4-5-6-7-8-9-10-11-12-13-14-15-16-20(22)23-18-17-19(2)21/h19,21H,3-18H2,1-2H3. The maximum atomic E-state index is 11.4. The van der Waals surface area contributed by atoms with Gasteiger partial charge in [-0.2, -0.15) is 0 Å². The van der Waals surface area contributed by atoms with Crippen molar-refractivity contribution in [2.45, 2.75) is 116 Å². The summed E-state index contributed by atoms with van der Waals surface area (Å²) >= 11 is 0. The summed E-state index contributed by atoms with van der Waals surface area (Å²) in [6, 6.07) is 0. The Kier molecular flexibility index (Phi) is 17.3. The minimum atomic E-state index is -0.390. The van der Waals surface area contributed by atoms with Crippen molar-refractivity contribution in [2.75, 3.05) is 6.61 Å². The smallest absolute Gasteiger partial charge is 0.305 e. The second kappa shape index (κ2) is 17.8. The molecular weight excluding hydrogens is 288 g/mol. The van der Waals surface area contributed by atoms with E-state index in [1.165, 1.54) is 70.6 Å². The summed E-state index contributed by atoms with van der Waals surface area (Å²) in [5.41, 5.74) is 0. The molecule has 0 radical (unpaired) electrons. The van der Waals surface area contributed by atoms with E-state index in [4.69, 9.17) is 9.84 Å². The van der Waals surface area contributed by atoms with Gasteiger partial charge in [0.1, 0.15) is 0 Å². The largest absolute Gasteiger partial charge is 0.466 e. The number of ether oxygens (including phenoxy) is 1. The van der Waals surface area contributed by atoms with Gasteiger partial charge in [-0.25, -0.2) is 0 Å². The van der Waals surface area contributed by atoms with Crippen LogP contribution in [0.15, 0.2) is 0 Å². The summed E-state index contributed by atoms with van der Waals surface area (Å²) in [4.78, 5) is 11.4. The Bertz CT molecular complexity index is 251. The molecule has 0 aliphatic heterocycles. The summed E-state index contributed by atoms with van der Waals surface area (Å²) in [5.74, 6) is -0.117. The van der Waals surface area contributed by atoms with Crippen LogP contribution in [-0.2, 0) is 9.53 Å². The second-order valence-corrected chi connectivity index (χ2v) is 6.85. The van der Waals surface area contributed by atoms with Crippen molar-refractivity contribution in [1.82, 2.24) is 0 Å². The highest BCUT2D eigenvalue weighted by molar-refractivity contribution is 5.69. The van der Waals surface area contributed by atoms with Crippen molar-refractivity contribution in [3.63, 3.8) is 0 Å². The van der Waals surface area contributed by atoms with E-state index in [0.717, 1.165) is 12.8 Å². The molecule has 0 rings (SSSR count). The number of carbonyl (C=O) groups is 1. The van der Waals surface area contributed by atoms with E-state index in [2.05, 4.69) is 6.92 Å². The molecule has 0 aliphatic carbocycles. The topological polar surface area (TPSA) is 46.5 Å². The fourth-order valence-electron chi connectivity index (χ4n) is 2.70. The highest BCUT2D eigenvalue weighted by Crippen LogP contribution is 2.13. The molecule has 0 aromatic heterocycles. The van der Waals surface area contributed by atoms with E-state index in [-0.39, 0.29) is 12.1 Å². The van der Waals surface area contributed by atoms with Crippen LogP contribution in [0.2, 0.25) is 0 Å². The molecule has 0 saturated carbocycles. The fraction of sp³-hybridized carbons (Fsp3) is 0.950. The summed E-state index contributed by atoms with van der Waals surface area (Å²) in [6.07, 6.45) is 17.7. The number of hydrogen-bond donors (Lipinski definition) is 1. The van der Waals surface area contributed by atoms with E-state index in [1.807, 2.05) is 0 Å². The Labute approximate surface area is 144 Å². The summed E-state index contributed by atoms with van der Waals surface area (Å²) < 4.78 is 5.06. The highest BCUT2D eigenvalue weighted by atomic mass is 16.5. The SMILES string of the molecule is CCCCCCCCCCCCCCCC(=O)OCCC(C)O. The van der Waals surface area contributed by atoms with Crippen LogP contribution < -0.4 is 0 Å². The van der Waals surface area contributed by atoms with Crippen LogP contribution >= 0.6 is 0 Å². The van der Waals surface area contributed by atoms with Crippen LogP contribution in [-0.4, -0.2) is 23.8 Å². The first-order valence-corrected chi connectivity index (χ1v) is 10.0. The van der Waals surface area contributed by atoms with Crippen LogP contribution in [0.4, 0.5) is 0 Å². The van der Waals surface area contributed by atoms with Crippen molar-refractivity contribution in [1.29, 1.82) is 0 Å². The molecule has 3 heteroatoms. The highest BCUT2D eigenvalue weighted by Gasteiger charge is 2.03. The molecule has 0 aliphatic rings. The zero-order valence-electron chi connectivity index (χ0n) is 15.7. The van der Waals surface area contributed by atoms with Crippen molar-refractivity contribution in [3.8, 4) is 0 Å². The van der Waals surface area contributed by atoms with Gasteiger partial charge in [-0.1, -0.05) is 84.0 Å². The second-order valence-electron chi connectivity index (χ2n) is 6.85. The molecule has 0 heterocycles. The lowest BCUT2D eigenvalue weighted by molar-refractivity contribution is -0.144. The molecule has 23 heavy (non-hydrogen) atoms. The van der Waals surface area contributed by atoms with Crippen LogP contribution in [0.1, 0.15) is 110 Å². The summed E-state index contributed by atoms with van der Waals surface area (Å²) in [6.45, 7) is 4.32. The number of aliphatic hydroxyl groups is 1. The number of aliphatic hydroxyl groups excluding tert-OH is 1. The number of rotatable bonds is 17. The van der Waals surface area contributed by atoms with Crippen LogP contribution in [0.3, 0.4) is 0 Å². The number of unbranched alkanes of at least 4 members (excludes halogenated alkanes) is 12. The van der Waals surface area contributed by atoms with Gasteiger partial charge in [0, 0.05) is 12.8 Å². The molecular formula is C20H40O3. The molecule has 1 unspecified atom stereocenters. The maximum absolute atomic E-state index is 11.4. The van der Waals surface area contributed by atoms with Gasteiger partial charge < -0.3 is 9.84 Å². The number of hydrogen-bond acceptors (Lipinski definition) is 3. The predicted octanol–water partition coefficient (Wildman–Crippen LogP) is 5.78. The summed E-state index contributed by atoms with van der Waals surface area (Å²) in [5, 5.41) is 9.07. The Morgan fingerprint density at radius 3 is 1.70 bits per heavy atom. The van der Waals surface area contributed by atoms with Crippen LogP contribution in [0.25, 0.3) is 0 Å². The maximum Gasteiger partial charge on any atom is 0.305 e. The Morgan fingerprint density at radius 2 is 1.26 bits per heavy atom. The van der Waals surface area contributed by atoms with Crippen molar-refractivity contribution in [2.24, 2.45) is 0 Å². The molecule has 0 fully saturated rings. The van der Waals surface area contributed by atoms with Crippen LogP contribution in [0.5, 0.6) is 0 Å². The van der Waals surface area contributed by atoms with Gasteiger partial charge in [0.25, 0.3) is 0 Å². The lowest BCUT2D eigenvalue weighted by atomic mass is 10.0. The van der Waals surface area contributed by atoms with Gasteiger partial charge in [-0.15, -0.1) is 0 Å². The zero-order valence-corrected chi connectivity index (χ0v) is 15.7. The first kappa shape index (κ1) is 22.4. The third-order valence-electron chi connectivity index (χ3n) is 4.28. The number of carbonyl (C=O) groups excluding carboxylic acids is 1. The minimum absolute atomic E-state index is 0.117. The molecule has 0 spiro atoms. The molecule has 1 N–H and O–H groups in total. The molecule has 0 bridgehead atoms. The van der Waals surface area contributed by atoms with E-state index in [1.54, 1.807) is 6.92 Å². The quantitative estimate of drug-likeness (QED) is 0.272. The first-order valence-electron chi connectivity index (χ1n) is 10.0. The third kappa shape index (κ3) is 19.4.